The zero-order valence-electron chi connectivity index (χ0n) is 28.2. The lowest BCUT2D eigenvalue weighted by Crippen LogP contribution is -2.54. The molecule has 2 N–H and O–H groups in total. The molecule has 0 fully saturated rings. The van der Waals surface area contributed by atoms with Crippen LogP contribution in [0.15, 0.2) is 95.9 Å². The average Bonchev–Trinajstić information content (AvgIpc) is 2.95. The predicted octanol–water partition coefficient (Wildman–Crippen LogP) is 7.82. The summed E-state index contributed by atoms with van der Waals surface area (Å²) in [5.74, 6) is -2.69. The highest BCUT2D eigenvalue weighted by Crippen LogP contribution is 2.42. The second-order valence-corrected chi connectivity index (χ2v) is 21.1. The largest absolute Gasteiger partial charge is 0.481 e. The SMILES string of the molecule is CC(C)(C)OC(=O)NC(Cc1ccccc1)C(CC(C(=O)O)C(c1ccccc1)S(=O)(=O)c1ccccc1)O[Si](C)(C)C(C)(C)C. The molecule has 0 aliphatic carbocycles. The van der Waals surface area contributed by atoms with Gasteiger partial charge in [0, 0.05) is 0 Å². The van der Waals surface area contributed by atoms with Crippen LogP contribution in [0.5, 0.6) is 0 Å². The second kappa shape index (κ2) is 15.0. The van der Waals surface area contributed by atoms with Gasteiger partial charge in [-0.05, 0) is 75.0 Å². The van der Waals surface area contributed by atoms with Crippen molar-refractivity contribution >= 4 is 30.2 Å². The molecule has 0 bridgehead atoms. The Hall–Kier alpha value is -3.47. The molecule has 0 heterocycles. The van der Waals surface area contributed by atoms with Crippen molar-refractivity contribution in [2.75, 3.05) is 0 Å². The molecule has 0 radical (unpaired) electrons. The number of sulfone groups is 1. The Labute approximate surface area is 275 Å². The van der Waals surface area contributed by atoms with Crippen LogP contribution in [0, 0.1) is 5.92 Å². The number of carbonyl (C=O) groups is 2. The van der Waals surface area contributed by atoms with Crippen molar-refractivity contribution in [1.82, 2.24) is 5.32 Å². The van der Waals surface area contributed by atoms with E-state index in [9.17, 15) is 23.1 Å². The number of ether oxygens (including phenoxy) is 1. The van der Waals surface area contributed by atoms with Crippen LogP contribution in [-0.4, -0.2) is 51.7 Å². The van der Waals surface area contributed by atoms with Crippen LogP contribution in [0.4, 0.5) is 4.79 Å². The number of aliphatic carboxylic acids is 1. The number of nitrogens with one attached hydrogen (secondary N) is 1. The molecule has 0 saturated carbocycles. The van der Waals surface area contributed by atoms with Gasteiger partial charge in [-0.3, -0.25) is 4.79 Å². The molecule has 4 atom stereocenters. The minimum atomic E-state index is -4.18. The Morgan fingerprint density at radius 2 is 1.33 bits per heavy atom. The fourth-order valence-electron chi connectivity index (χ4n) is 5.08. The molecule has 0 aliphatic heterocycles. The molecule has 250 valence electrons. The van der Waals surface area contributed by atoms with Crippen molar-refractivity contribution in [1.29, 1.82) is 0 Å². The van der Waals surface area contributed by atoms with Crippen molar-refractivity contribution in [3.05, 3.63) is 102 Å². The zero-order valence-corrected chi connectivity index (χ0v) is 30.0. The van der Waals surface area contributed by atoms with Crippen LogP contribution in [0.2, 0.25) is 18.1 Å². The average molecular weight is 668 g/mol. The van der Waals surface area contributed by atoms with E-state index in [1.165, 1.54) is 12.1 Å². The Kier molecular flexibility index (Phi) is 12.0. The molecule has 3 aromatic rings. The summed E-state index contributed by atoms with van der Waals surface area (Å²) >= 11 is 0. The molecule has 1 amide bonds. The van der Waals surface area contributed by atoms with Gasteiger partial charge < -0.3 is 19.6 Å². The summed E-state index contributed by atoms with van der Waals surface area (Å²) in [6.45, 7) is 15.6. The van der Waals surface area contributed by atoms with Crippen LogP contribution in [0.3, 0.4) is 0 Å². The van der Waals surface area contributed by atoms with E-state index in [0.29, 0.717) is 12.0 Å². The molecular weight excluding hydrogens is 619 g/mol. The van der Waals surface area contributed by atoms with Gasteiger partial charge in [-0.2, -0.15) is 0 Å². The summed E-state index contributed by atoms with van der Waals surface area (Å²) in [6, 6.07) is 25.2. The van der Waals surface area contributed by atoms with E-state index >= 15 is 0 Å². The molecule has 0 aromatic heterocycles. The molecule has 0 spiro atoms. The first-order valence-corrected chi connectivity index (χ1v) is 20.1. The third-order valence-corrected chi connectivity index (χ3v) is 15.1. The van der Waals surface area contributed by atoms with E-state index < -0.39 is 59.1 Å². The molecule has 0 aliphatic rings. The normalized spacial score (nSPS) is 15.3. The highest BCUT2D eigenvalue weighted by molar-refractivity contribution is 7.91. The molecule has 3 rings (SSSR count). The lowest BCUT2D eigenvalue weighted by Gasteiger charge is -2.43. The summed E-state index contributed by atoms with van der Waals surface area (Å²) < 4.78 is 41.2. The van der Waals surface area contributed by atoms with Gasteiger partial charge in [0.2, 0.25) is 0 Å². The zero-order chi connectivity index (χ0) is 34.3. The van der Waals surface area contributed by atoms with Crippen molar-refractivity contribution in [2.24, 2.45) is 5.92 Å². The number of hydrogen-bond donors (Lipinski definition) is 2. The van der Waals surface area contributed by atoms with Crippen LogP contribution in [-0.2, 0) is 30.2 Å². The number of benzene rings is 3. The molecule has 10 heteroatoms. The Morgan fingerprint density at radius 1 is 0.826 bits per heavy atom. The standard InChI is InChI=1S/C36H49NO7SSi/c1-35(2,3)43-34(40)37-30(24-26-18-12-9-13-19-26)31(44-46(7,8)36(4,5)6)25-29(33(38)39)32(27-20-14-10-15-21-27)45(41,42)28-22-16-11-17-23-28/h9-23,29-32H,24-25H2,1-8H3,(H,37,40)(H,38,39). The van der Waals surface area contributed by atoms with E-state index in [4.69, 9.17) is 9.16 Å². The first kappa shape index (κ1) is 37.0. The van der Waals surface area contributed by atoms with Crippen molar-refractivity contribution in [2.45, 2.75) is 100 Å². The number of amides is 1. The number of carbonyl (C=O) groups excluding carboxylic acids is 1. The summed E-state index contributed by atoms with van der Waals surface area (Å²) in [4.78, 5) is 26.5. The van der Waals surface area contributed by atoms with E-state index in [-0.39, 0.29) is 16.4 Å². The monoisotopic (exact) mass is 667 g/mol. The third-order valence-electron chi connectivity index (χ3n) is 8.40. The van der Waals surface area contributed by atoms with E-state index in [1.807, 2.05) is 30.3 Å². The smallest absolute Gasteiger partial charge is 0.407 e. The minimum Gasteiger partial charge on any atom is -0.481 e. The summed E-state index contributed by atoms with van der Waals surface area (Å²) in [7, 11) is -6.79. The fourth-order valence-corrected chi connectivity index (χ4v) is 8.46. The van der Waals surface area contributed by atoms with Crippen LogP contribution in [0.1, 0.15) is 64.3 Å². The van der Waals surface area contributed by atoms with Gasteiger partial charge >= 0.3 is 12.1 Å². The van der Waals surface area contributed by atoms with Gasteiger partial charge in [0.1, 0.15) is 10.9 Å². The highest BCUT2D eigenvalue weighted by atomic mass is 32.2. The predicted molar refractivity (Wildman–Crippen MR) is 184 cm³/mol. The topological polar surface area (TPSA) is 119 Å². The third kappa shape index (κ3) is 10.0. The minimum absolute atomic E-state index is 0.0321. The molecular formula is C36H49NO7SSi. The summed E-state index contributed by atoms with van der Waals surface area (Å²) in [6.07, 6.45) is -1.40. The van der Waals surface area contributed by atoms with Crippen molar-refractivity contribution < 1.29 is 32.3 Å². The maximum absolute atomic E-state index is 14.3. The van der Waals surface area contributed by atoms with E-state index in [2.05, 4.69) is 39.2 Å². The Balaban J connectivity index is 2.20. The van der Waals surface area contributed by atoms with Crippen molar-refractivity contribution in [3.63, 3.8) is 0 Å². The Bertz CT molecular complexity index is 1530. The van der Waals surface area contributed by atoms with E-state index in [0.717, 1.165) is 5.56 Å². The first-order valence-electron chi connectivity index (χ1n) is 15.6. The Morgan fingerprint density at radius 3 is 1.80 bits per heavy atom. The number of rotatable bonds is 13. The summed E-state index contributed by atoms with van der Waals surface area (Å²) in [5, 5.41) is 12.1. The van der Waals surface area contributed by atoms with Gasteiger partial charge in [0.25, 0.3) is 0 Å². The lowest BCUT2D eigenvalue weighted by molar-refractivity contribution is -0.143. The summed E-state index contributed by atoms with van der Waals surface area (Å²) in [5.41, 5.74) is 0.489. The van der Waals surface area contributed by atoms with Gasteiger partial charge in [-0.15, -0.1) is 0 Å². The lowest BCUT2D eigenvalue weighted by atomic mass is 9.89. The number of hydrogen-bond acceptors (Lipinski definition) is 6. The quantitative estimate of drug-likeness (QED) is 0.178. The van der Waals surface area contributed by atoms with Gasteiger partial charge in [-0.1, -0.05) is 99.6 Å². The van der Waals surface area contributed by atoms with Gasteiger partial charge in [0.15, 0.2) is 18.2 Å². The molecule has 8 nitrogen and oxygen atoms in total. The molecule has 3 aromatic carbocycles. The van der Waals surface area contributed by atoms with Crippen LogP contribution >= 0.6 is 0 Å². The molecule has 4 unspecified atom stereocenters. The van der Waals surface area contributed by atoms with Crippen LogP contribution < -0.4 is 5.32 Å². The van der Waals surface area contributed by atoms with E-state index in [1.54, 1.807) is 69.3 Å². The first-order chi connectivity index (χ1) is 21.3. The maximum atomic E-state index is 14.3. The molecule has 0 saturated heterocycles. The number of carboxylic acids is 1. The number of alkyl carbamates (subject to hydrolysis) is 1. The van der Waals surface area contributed by atoms with Crippen LogP contribution in [0.25, 0.3) is 0 Å². The van der Waals surface area contributed by atoms with Gasteiger partial charge in [-0.25, -0.2) is 13.2 Å². The number of carboxylic acid groups (broad SMARTS) is 1. The maximum Gasteiger partial charge on any atom is 0.407 e. The highest BCUT2D eigenvalue weighted by Gasteiger charge is 2.46. The molecule has 46 heavy (non-hydrogen) atoms. The van der Waals surface area contributed by atoms with Gasteiger partial charge in [0.05, 0.1) is 23.0 Å². The fraction of sp³-hybridized carbons (Fsp3) is 0.444. The second-order valence-electron chi connectivity index (χ2n) is 14.2. The van der Waals surface area contributed by atoms with Crippen molar-refractivity contribution in [3.8, 4) is 0 Å².